The van der Waals surface area contributed by atoms with Crippen molar-refractivity contribution in [1.82, 2.24) is 14.9 Å². The van der Waals surface area contributed by atoms with Gasteiger partial charge in [0.2, 0.25) is 0 Å². The summed E-state index contributed by atoms with van der Waals surface area (Å²) < 4.78 is 13.3. The van der Waals surface area contributed by atoms with E-state index in [0.717, 1.165) is 31.6 Å². The molecule has 0 bridgehead atoms. The van der Waals surface area contributed by atoms with Crippen LogP contribution in [0.3, 0.4) is 0 Å². The highest BCUT2D eigenvalue weighted by atomic mass is 19.1. The monoisotopic (exact) mass is 339 g/mol. The van der Waals surface area contributed by atoms with Gasteiger partial charge in [-0.05, 0) is 67.2 Å². The van der Waals surface area contributed by atoms with Crippen molar-refractivity contribution in [3.63, 3.8) is 0 Å². The van der Waals surface area contributed by atoms with Crippen LogP contribution in [0.4, 0.5) is 4.39 Å². The molecule has 0 unspecified atom stereocenters. The molecule has 3 aromatic rings. The van der Waals surface area contributed by atoms with E-state index in [1.54, 1.807) is 18.3 Å². The maximum atomic E-state index is 13.3. The third-order valence-corrected chi connectivity index (χ3v) is 5.18. The number of nitrogens with zero attached hydrogens (tertiary/aromatic N) is 2. The molecule has 1 atom stereocenters. The first-order valence-electron chi connectivity index (χ1n) is 8.78. The molecule has 1 fully saturated rings. The lowest BCUT2D eigenvalue weighted by atomic mass is 9.89. The number of benzene rings is 1. The van der Waals surface area contributed by atoms with E-state index in [1.165, 1.54) is 23.1 Å². The molecule has 0 aliphatic carbocycles. The lowest BCUT2D eigenvalue weighted by molar-refractivity contribution is 0.0971. The second-order valence-electron chi connectivity index (χ2n) is 6.79. The minimum Gasteiger partial charge on any atom is -0.387 e. The van der Waals surface area contributed by atoms with Gasteiger partial charge in [-0.15, -0.1) is 0 Å². The number of halogens is 1. The van der Waals surface area contributed by atoms with E-state index in [0.29, 0.717) is 18.0 Å². The standard InChI is InChI=1S/C20H22FN3O/c21-16-4-1-3-15(11-16)19(25)13-24-9-6-14(7-10-24)18-12-23-20-17(18)5-2-8-22-20/h1-5,8,11-12,14,19,25H,6-7,9-10,13H2,(H,22,23)/t19-/m0/s1. The molecule has 25 heavy (non-hydrogen) atoms. The van der Waals surface area contributed by atoms with E-state index < -0.39 is 6.10 Å². The van der Waals surface area contributed by atoms with E-state index in [1.807, 2.05) is 6.07 Å². The second-order valence-corrected chi connectivity index (χ2v) is 6.79. The summed E-state index contributed by atoms with van der Waals surface area (Å²) in [5.74, 6) is 0.212. The average molecular weight is 339 g/mol. The Morgan fingerprint density at radius 3 is 2.88 bits per heavy atom. The summed E-state index contributed by atoms with van der Waals surface area (Å²) in [6, 6.07) is 10.3. The van der Waals surface area contributed by atoms with E-state index in [9.17, 15) is 9.50 Å². The highest BCUT2D eigenvalue weighted by Gasteiger charge is 2.24. The highest BCUT2D eigenvalue weighted by molar-refractivity contribution is 5.80. The van der Waals surface area contributed by atoms with Gasteiger partial charge in [0, 0.05) is 24.3 Å². The third-order valence-electron chi connectivity index (χ3n) is 5.18. The van der Waals surface area contributed by atoms with Crippen molar-refractivity contribution in [2.75, 3.05) is 19.6 Å². The van der Waals surface area contributed by atoms with Gasteiger partial charge in [0.15, 0.2) is 0 Å². The van der Waals surface area contributed by atoms with Crippen LogP contribution in [0.15, 0.2) is 48.8 Å². The smallest absolute Gasteiger partial charge is 0.137 e. The predicted octanol–water partition coefficient (Wildman–Crippen LogP) is 3.62. The number of fused-ring (bicyclic) bond motifs is 1. The molecule has 0 saturated carbocycles. The molecule has 0 radical (unpaired) electrons. The number of H-pyrrole nitrogens is 1. The number of hydrogen-bond donors (Lipinski definition) is 2. The zero-order valence-corrected chi connectivity index (χ0v) is 14.0. The Morgan fingerprint density at radius 1 is 1.24 bits per heavy atom. The summed E-state index contributed by atoms with van der Waals surface area (Å²) in [5.41, 5.74) is 2.93. The fraction of sp³-hybridized carbons (Fsp3) is 0.350. The maximum absolute atomic E-state index is 13.3. The van der Waals surface area contributed by atoms with Crippen molar-refractivity contribution >= 4 is 11.0 Å². The zero-order chi connectivity index (χ0) is 17.2. The van der Waals surface area contributed by atoms with Gasteiger partial charge >= 0.3 is 0 Å². The fourth-order valence-electron chi connectivity index (χ4n) is 3.81. The van der Waals surface area contributed by atoms with Gasteiger partial charge in [-0.25, -0.2) is 9.37 Å². The molecule has 3 heterocycles. The number of aromatic nitrogens is 2. The first-order chi connectivity index (χ1) is 12.2. The summed E-state index contributed by atoms with van der Waals surface area (Å²) in [6.07, 6.45) is 5.35. The number of likely N-dealkylation sites (tertiary alicyclic amines) is 1. The predicted molar refractivity (Wildman–Crippen MR) is 95.9 cm³/mol. The Balaban J connectivity index is 1.38. The topological polar surface area (TPSA) is 52.1 Å². The molecule has 1 saturated heterocycles. The van der Waals surface area contributed by atoms with Crippen molar-refractivity contribution in [2.45, 2.75) is 24.9 Å². The second kappa shape index (κ2) is 6.94. The molecular formula is C20H22FN3O. The molecule has 0 spiro atoms. The highest BCUT2D eigenvalue weighted by Crippen LogP contribution is 2.33. The van der Waals surface area contributed by atoms with Crippen molar-refractivity contribution < 1.29 is 9.50 Å². The van der Waals surface area contributed by atoms with Crippen molar-refractivity contribution in [1.29, 1.82) is 0 Å². The third kappa shape index (κ3) is 3.43. The van der Waals surface area contributed by atoms with Crippen LogP contribution in [0, 0.1) is 5.82 Å². The van der Waals surface area contributed by atoms with Crippen LogP contribution in [0.25, 0.3) is 11.0 Å². The normalized spacial score (nSPS) is 17.8. The SMILES string of the molecule is O[C@@H](CN1CCC(c2c[nH]c3ncccc23)CC1)c1cccc(F)c1. The van der Waals surface area contributed by atoms with Crippen LogP contribution in [0.5, 0.6) is 0 Å². The Labute approximate surface area is 146 Å². The minimum atomic E-state index is -0.649. The number of aliphatic hydroxyl groups is 1. The lowest BCUT2D eigenvalue weighted by Gasteiger charge is -2.33. The Morgan fingerprint density at radius 2 is 2.08 bits per heavy atom. The van der Waals surface area contributed by atoms with Gasteiger partial charge in [-0.3, -0.25) is 0 Å². The summed E-state index contributed by atoms with van der Waals surface area (Å²) in [6.45, 7) is 2.42. The number of nitrogens with one attached hydrogen (secondary N) is 1. The van der Waals surface area contributed by atoms with Crippen LogP contribution < -0.4 is 0 Å². The molecule has 5 heteroatoms. The van der Waals surface area contributed by atoms with Crippen LogP contribution >= 0.6 is 0 Å². The molecule has 0 amide bonds. The summed E-state index contributed by atoms with van der Waals surface area (Å²) in [4.78, 5) is 9.88. The minimum absolute atomic E-state index is 0.303. The van der Waals surface area contributed by atoms with Crippen molar-refractivity contribution in [2.24, 2.45) is 0 Å². The summed E-state index contributed by atoms with van der Waals surface area (Å²) in [7, 11) is 0. The number of aliphatic hydroxyl groups excluding tert-OH is 1. The molecule has 4 nitrogen and oxygen atoms in total. The van der Waals surface area contributed by atoms with E-state index >= 15 is 0 Å². The lowest BCUT2D eigenvalue weighted by Crippen LogP contribution is -2.36. The van der Waals surface area contributed by atoms with E-state index in [2.05, 4.69) is 27.1 Å². The maximum Gasteiger partial charge on any atom is 0.137 e. The van der Waals surface area contributed by atoms with Gasteiger partial charge in [0.1, 0.15) is 11.5 Å². The fourth-order valence-corrected chi connectivity index (χ4v) is 3.81. The number of rotatable bonds is 4. The molecule has 1 aliphatic rings. The van der Waals surface area contributed by atoms with Crippen LogP contribution in [-0.4, -0.2) is 39.6 Å². The molecule has 1 aliphatic heterocycles. The number of β-amino-alcohol motifs (C(OH)–C–C–N with tert-alkyl or cyclic N) is 1. The van der Waals surface area contributed by atoms with Crippen molar-refractivity contribution in [3.05, 3.63) is 65.7 Å². The molecule has 2 N–H and O–H groups in total. The van der Waals surface area contributed by atoms with Crippen LogP contribution in [-0.2, 0) is 0 Å². The molecule has 1 aromatic carbocycles. The van der Waals surface area contributed by atoms with Gasteiger partial charge in [0.05, 0.1) is 6.10 Å². The molecule has 4 rings (SSSR count). The van der Waals surface area contributed by atoms with E-state index in [4.69, 9.17) is 0 Å². The zero-order valence-electron chi connectivity index (χ0n) is 14.0. The number of pyridine rings is 1. The number of piperidine rings is 1. The molecule has 2 aromatic heterocycles. The Bertz CT molecular complexity index is 855. The Kier molecular flexibility index (Phi) is 4.51. The molecule has 130 valence electrons. The van der Waals surface area contributed by atoms with Crippen LogP contribution in [0.2, 0.25) is 0 Å². The summed E-state index contributed by atoms with van der Waals surface area (Å²) >= 11 is 0. The molecular weight excluding hydrogens is 317 g/mol. The summed E-state index contributed by atoms with van der Waals surface area (Å²) in [5, 5.41) is 11.6. The average Bonchev–Trinajstić information content (AvgIpc) is 3.06. The van der Waals surface area contributed by atoms with Gasteiger partial charge < -0.3 is 15.0 Å². The van der Waals surface area contributed by atoms with Crippen molar-refractivity contribution in [3.8, 4) is 0 Å². The number of aromatic amines is 1. The quantitative estimate of drug-likeness (QED) is 0.763. The first kappa shape index (κ1) is 16.2. The van der Waals surface area contributed by atoms with Gasteiger partial charge in [0.25, 0.3) is 0 Å². The van der Waals surface area contributed by atoms with E-state index in [-0.39, 0.29) is 5.82 Å². The number of hydrogen-bond acceptors (Lipinski definition) is 3. The Hall–Kier alpha value is -2.24. The largest absolute Gasteiger partial charge is 0.387 e. The van der Waals surface area contributed by atoms with Gasteiger partial charge in [-0.2, -0.15) is 0 Å². The first-order valence-corrected chi connectivity index (χ1v) is 8.78. The van der Waals surface area contributed by atoms with Gasteiger partial charge in [-0.1, -0.05) is 12.1 Å². The van der Waals surface area contributed by atoms with Crippen LogP contribution in [0.1, 0.15) is 36.0 Å².